The molecule has 6 heteroatoms. The van der Waals surface area contributed by atoms with Gasteiger partial charge in [-0.1, -0.05) is 0 Å². The lowest BCUT2D eigenvalue weighted by atomic mass is 9.96. The topological polar surface area (TPSA) is 58.1 Å². The number of nitrogens with one attached hydrogen (secondary N) is 1. The number of nitrogens with zero attached hydrogens (tertiary/aromatic N) is 3. The molecule has 1 aliphatic rings. The first-order chi connectivity index (χ1) is 10.7. The Kier molecular flexibility index (Phi) is 4.68. The molecule has 2 aromatic heterocycles. The Bertz CT molecular complexity index is 620. The number of anilines is 1. The smallest absolute Gasteiger partial charge is 0.223 e. The third-order valence-electron chi connectivity index (χ3n) is 4.13. The van der Waals surface area contributed by atoms with Crippen LogP contribution in [-0.4, -0.2) is 29.0 Å². The molecule has 3 rings (SSSR count). The van der Waals surface area contributed by atoms with Crippen molar-refractivity contribution >= 4 is 23.1 Å². The van der Waals surface area contributed by atoms with Gasteiger partial charge in [-0.05, 0) is 36.8 Å². The highest BCUT2D eigenvalue weighted by atomic mass is 32.1. The molecule has 5 nitrogen and oxygen atoms in total. The number of thiophene rings is 1. The number of rotatable bonds is 4. The van der Waals surface area contributed by atoms with Crippen LogP contribution in [0.4, 0.5) is 5.82 Å². The lowest BCUT2D eigenvalue weighted by Crippen LogP contribution is -2.40. The van der Waals surface area contributed by atoms with Gasteiger partial charge in [0.15, 0.2) is 0 Å². The second-order valence-electron chi connectivity index (χ2n) is 5.57. The van der Waals surface area contributed by atoms with Crippen LogP contribution in [0, 0.1) is 12.8 Å². The number of carbonyl (C=O) groups excluding carboxylic acids is 1. The Balaban J connectivity index is 1.49. The van der Waals surface area contributed by atoms with Gasteiger partial charge in [0.05, 0.1) is 12.7 Å². The zero-order valence-electron chi connectivity index (χ0n) is 12.7. The summed E-state index contributed by atoms with van der Waals surface area (Å²) >= 11 is 1.70. The van der Waals surface area contributed by atoms with Crippen molar-refractivity contribution in [1.29, 1.82) is 0 Å². The van der Waals surface area contributed by atoms with Gasteiger partial charge in [0, 0.05) is 36.3 Å². The number of amides is 1. The number of hydrogen-bond donors (Lipinski definition) is 1. The van der Waals surface area contributed by atoms with E-state index in [1.165, 1.54) is 10.4 Å². The van der Waals surface area contributed by atoms with Gasteiger partial charge in [0.1, 0.15) is 5.82 Å². The van der Waals surface area contributed by atoms with Gasteiger partial charge >= 0.3 is 0 Å². The van der Waals surface area contributed by atoms with E-state index in [1.54, 1.807) is 29.9 Å². The second-order valence-corrected chi connectivity index (χ2v) is 6.57. The maximum Gasteiger partial charge on any atom is 0.223 e. The third-order valence-corrected chi connectivity index (χ3v) is 5.15. The first kappa shape index (κ1) is 15.0. The van der Waals surface area contributed by atoms with E-state index in [0.717, 1.165) is 31.7 Å². The van der Waals surface area contributed by atoms with Crippen LogP contribution in [0.1, 0.15) is 23.3 Å². The first-order valence-corrected chi connectivity index (χ1v) is 8.43. The molecule has 1 fully saturated rings. The van der Waals surface area contributed by atoms with Crippen molar-refractivity contribution in [2.24, 2.45) is 5.92 Å². The number of piperidine rings is 1. The fraction of sp³-hybridized carbons (Fsp3) is 0.438. The Morgan fingerprint density at radius 1 is 1.41 bits per heavy atom. The molecule has 1 amide bonds. The largest absolute Gasteiger partial charge is 0.355 e. The van der Waals surface area contributed by atoms with Gasteiger partial charge < -0.3 is 10.2 Å². The van der Waals surface area contributed by atoms with E-state index in [9.17, 15) is 4.79 Å². The van der Waals surface area contributed by atoms with E-state index >= 15 is 0 Å². The molecule has 0 atom stereocenters. The second kappa shape index (κ2) is 6.87. The van der Waals surface area contributed by atoms with E-state index in [-0.39, 0.29) is 11.8 Å². The zero-order valence-corrected chi connectivity index (χ0v) is 13.5. The summed E-state index contributed by atoms with van der Waals surface area (Å²) < 4.78 is 0. The van der Waals surface area contributed by atoms with E-state index in [4.69, 9.17) is 0 Å². The van der Waals surface area contributed by atoms with Crippen LogP contribution in [0.25, 0.3) is 0 Å². The van der Waals surface area contributed by atoms with Crippen LogP contribution < -0.4 is 10.2 Å². The molecule has 3 heterocycles. The van der Waals surface area contributed by atoms with Gasteiger partial charge in [-0.2, -0.15) is 0 Å². The van der Waals surface area contributed by atoms with E-state index in [0.29, 0.717) is 6.54 Å². The molecule has 0 bridgehead atoms. The molecule has 1 N–H and O–H groups in total. The van der Waals surface area contributed by atoms with Crippen LogP contribution in [0.5, 0.6) is 0 Å². The molecule has 22 heavy (non-hydrogen) atoms. The molecule has 1 saturated heterocycles. The summed E-state index contributed by atoms with van der Waals surface area (Å²) in [6.07, 6.45) is 6.89. The molecular formula is C16H20N4OS. The fourth-order valence-electron chi connectivity index (χ4n) is 2.72. The highest BCUT2D eigenvalue weighted by Gasteiger charge is 2.25. The first-order valence-electron chi connectivity index (χ1n) is 7.55. The number of hydrogen-bond acceptors (Lipinski definition) is 5. The van der Waals surface area contributed by atoms with Crippen molar-refractivity contribution in [3.8, 4) is 0 Å². The Morgan fingerprint density at radius 2 is 2.23 bits per heavy atom. The van der Waals surface area contributed by atoms with E-state index < -0.39 is 0 Å². The quantitative estimate of drug-likeness (QED) is 0.941. The summed E-state index contributed by atoms with van der Waals surface area (Å²) in [5.41, 5.74) is 1.25. The molecule has 0 spiro atoms. The number of carbonyl (C=O) groups is 1. The molecule has 0 aliphatic carbocycles. The zero-order chi connectivity index (χ0) is 15.4. The van der Waals surface area contributed by atoms with Crippen molar-refractivity contribution in [3.05, 3.63) is 40.5 Å². The number of aromatic nitrogens is 2. The maximum atomic E-state index is 12.3. The molecule has 0 radical (unpaired) electrons. The minimum absolute atomic E-state index is 0.105. The SMILES string of the molecule is Cc1ccsc1CNC(=O)C1CCN(c2cnccn2)CC1. The van der Waals surface area contributed by atoms with Crippen molar-refractivity contribution < 1.29 is 4.79 Å². The van der Waals surface area contributed by atoms with Gasteiger partial charge in [-0.25, -0.2) is 4.98 Å². The lowest BCUT2D eigenvalue weighted by molar-refractivity contribution is -0.125. The summed E-state index contributed by atoms with van der Waals surface area (Å²) in [4.78, 5) is 24.1. The van der Waals surface area contributed by atoms with Crippen molar-refractivity contribution in [1.82, 2.24) is 15.3 Å². The lowest BCUT2D eigenvalue weighted by Gasteiger charge is -2.31. The van der Waals surface area contributed by atoms with Gasteiger partial charge in [-0.3, -0.25) is 9.78 Å². The van der Waals surface area contributed by atoms with Crippen molar-refractivity contribution in [2.45, 2.75) is 26.3 Å². The van der Waals surface area contributed by atoms with Crippen molar-refractivity contribution in [2.75, 3.05) is 18.0 Å². The summed E-state index contributed by atoms with van der Waals surface area (Å²) in [5, 5.41) is 5.14. The highest BCUT2D eigenvalue weighted by molar-refractivity contribution is 7.10. The summed E-state index contributed by atoms with van der Waals surface area (Å²) in [6, 6.07) is 2.09. The molecule has 0 unspecified atom stereocenters. The monoisotopic (exact) mass is 316 g/mol. The molecule has 0 aromatic carbocycles. The maximum absolute atomic E-state index is 12.3. The van der Waals surface area contributed by atoms with Crippen molar-refractivity contribution in [3.63, 3.8) is 0 Å². The molecule has 2 aromatic rings. The Hall–Kier alpha value is -1.95. The molecular weight excluding hydrogens is 296 g/mol. The van der Waals surface area contributed by atoms with Crippen LogP contribution in [0.3, 0.4) is 0 Å². The van der Waals surface area contributed by atoms with E-state index in [2.05, 4.69) is 38.6 Å². The predicted molar refractivity (Wildman–Crippen MR) is 87.9 cm³/mol. The minimum Gasteiger partial charge on any atom is -0.355 e. The van der Waals surface area contributed by atoms with Crippen LogP contribution in [0.15, 0.2) is 30.0 Å². The summed E-state index contributed by atoms with van der Waals surface area (Å²) in [5.74, 6) is 1.18. The Morgan fingerprint density at radius 3 is 2.86 bits per heavy atom. The van der Waals surface area contributed by atoms with Crippen LogP contribution in [0.2, 0.25) is 0 Å². The predicted octanol–water partition coefficient (Wildman–Crippen LogP) is 2.38. The fourth-order valence-corrected chi connectivity index (χ4v) is 3.57. The average molecular weight is 316 g/mol. The third kappa shape index (κ3) is 3.44. The molecule has 1 aliphatic heterocycles. The van der Waals surface area contributed by atoms with Gasteiger partial charge in [-0.15, -0.1) is 11.3 Å². The molecule has 0 saturated carbocycles. The minimum atomic E-state index is 0.105. The van der Waals surface area contributed by atoms with Crippen LogP contribution in [-0.2, 0) is 11.3 Å². The molecule has 116 valence electrons. The van der Waals surface area contributed by atoms with Gasteiger partial charge in [0.25, 0.3) is 0 Å². The summed E-state index contributed by atoms with van der Waals surface area (Å²) in [6.45, 7) is 4.44. The number of aryl methyl sites for hydroxylation is 1. The van der Waals surface area contributed by atoms with Gasteiger partial charge in [0.2, 0.25) is 5.91 Å². The highest BCUT2D eigenvalue weighted by Crippen LogP contribution is 2.22. The summed E-state index contributed by atoms with van der Waals surface area (Å²) in [7, 11) is 0. The normalized spacial score (nSPS) is 15.8. The Labute approximate surface area is 134 Å². The van der Waals surface area contributed by atoms with E-state index in [1.807, 2.05) is 0 Å². The average Bonchev–Trinajstić information content (AvgIpc) is 2.99. The standard InChI is InChI=1S/C16H20N4OS/c1-12-4-9-22-14(12)10-19-16(21)13-2-7-20(8-3-13)15-11-17-5-6-18-15/h4-6,9,11,13H,2-3,7-8,10H2,1H3,(H,19,21). The van der Waals surface area contributed by atoms with Crippen LogP contribution >= 0.6 is 11.3 Å².